The van der Waals surface area contributed by atoms with Gasteiger partial charge in [0, 0.05) is 16.1 Å². The van der Waals surface area contributed by atoms with Gasteiger partial charge in [0.25, 0.3) is 0 Å². The Morgan fingerprint density at radius 2 is 1.95 bits per heavy atom. The van der Waals surface area contributed by atoms with E-state index in [-0.39, 0.29) is 24.4 Å². The van der Waals surface area contributed by atoms with Crippen molar-refractivity contribution in [3.63, 3.8) is 0 Å². The normalized spacial score (nSPS) is 12.7. The summed E-state index contributed by atoms with van der Waals surface area (Å²) in [6.45, 7) is 6.49. The van der Waals surface area contributed by atoms with Crippen LogP contribution in [0.1, 0.15) is 44.5 Å². The van der Waals surface area contributed by atoms with Crippen molar-refractivity contribution in [2.24, 2.45) is 11.1 Å². The van der Waals surface area contributed by atoms with Gasteiger partial charge in [-0.25, -0.2) is 0 Å². The van der Waals surface area contributed by atoms with Gasteiger partial charge in [0.1, 0.15) is 0 Å². The van der Waals surface area contributed by atoms with E-state index in [0.717, 1.165) is 12.8 Å². The molecule has 2 rings (SSSR count). The van der Waals surface area contributed by atoms with Gasteiger partial charge in [0.05, 0.1) is 11.5 Å². The second-order valence-corrected chi connectivity index (χ2v) is 6.69. The van der Waals surface area contributed by atoms with Gasteiger partial charge in [-0.15, -0.1) is 23.7 Å². The molecule has 122 valence electrons. The summed E-state index contributed by atoms with van der Waals surface area (Å²) in [5.74, 6) is 0.0694. The Balaban J connectivity index is 0.00000242. The molecule has 0 aliphatic rings. The van der Waals surface area contributed by atoms with E-state index < -0.39 is 5.41 Å². The number of carbonyl (C=O) groups excluding carboxylic acids is 1. The third-order valence-electron chi connectivity index (χ3n) is 4.44. The Hall–Kier alpha value is -1.10. The summed E-state index contributed by atoms with van der Waals surface area (Å²) >= 11 is 1.73. The van der Waals surface area contributed by atoms with E-state index in [1.54, 1.807) is 11.3 Å². The van der Waals surface area contributed by atoms with Crippen LogP contribution in [-0.4, -0.2) is 12.5 Å². The summed E-state index contributed by atoms with van der Waals surface area (Å²) in [6, 6.07) is 10.5. The molecule has 0 saturated heterocycles. The molecule has 0 radical (unpaired) electrons. The van der Waals surface area contributed by atoms with Gasteiger partial charge in [-0.1, -0.05) is 32.0 Å². The highest BCUT2D eigenvalue weighted by molar-refractivity contribution is 7.19. The Kier molecular flexibility index (Phi) is 6.85. The number of hydrogen-bond donors (Lipinski definition) is 2. The number of fused-ring (bicyclic) bond motifs is 1. The molecule has 0 saturated carbocycles. The molecule has 0 aliphatic carbocycles. The first-order valence-electron chi connectivity index (χ1n) is 7.55. The molecule has 0 spiro atoms. The van der Waals surface area contributed by atoms with E-state index in [1.165, 1.54) is 15.0 Å². The second-order valence-electron chi connectivity index (χ2n) is 5.57. The highest BCUT2D eigenvalue weighted by Gasteiger charge is 2.34. The lowest BCUT2D eigenvalue weighted by atomic mass is 9.81. The fourth-order valence-corrected chi connectivity index (χ4v) is 3.66. The van der Waals surface area contributed by atoms with Crippen molar-refractivity contribution in [2.45, 2.75) is 39.7 Å². The predicted octanol–water partition coefficient (Wildman–Crippen LogP) is 4.27. The summed E-state index contributed by atoms with van der Waals surface area (Å²) < 4.78 is 1.25. The van der Waals surface area contributed by atoms with Crippen LogP contribution in [0.25, 0.3) is 10.1 Å². The van der Waals surface area contributed by atoms with Gasteiger partial charge in [-0.3, -0.25) is 4.79 Å². The van der Waals surface area contributed by atoms with Crippen molar-refractivity contribution in [3.05, 3.63) is 35.2 Å². The highest BCUT2D eigenvalue weighted by Crippen LogP contribution is 2.31. The van der Waals surface area contributed by atoms with Crippen molar-refractivity contribution in [1.29, 1.82) is 0 Å². The summed E-state index contributed by atoms with van der Waals surface area (Å²) in [6.07, 6.45) is 1.54. The summed E-state index contributed by atoms with van der Waals surface area (Å²) in [4.78, 5) is 13.8. The molecule has 1 amide bonds. The van der Waals surface area contributed by atoms with Gasteiger partial charge >= 0.3 is 0 Å². The van der Waals surface area contributed by atoms with Crippen LogP contribution in [0.4, 0.5) is 0 Å². The molecule has 0 fully saturated rings. The van der Waals surface area contributed by atoms with Crippen molar-refractivity contribution in [2.75, 3.05) is 6.54 Å². The first-order chi connectivity index (χ1) is 10.1. The first-order valence-corrected chi connectivity index (χ1v) is 8.37. The maximum Gasteiger partial charge on any atom is 0.227 e. The first kappa shape index (κ1) is 18.9. The number of benzene rings is 1. The lowest BCUT2D eigenvalue weighted by Gasteiger charge is -2.30. The highest BCUT2D eigenvalue weighted by atomic mass is 35.5. The SMILES string of the molecule is CCC(CC)(CN)C(=O)NC(C)c1cc2ccccc2s1.Cl. The largest absolute Gasteiger partial charge is 0.348 e. The van der Waals surface area contributed by atoms with Crippen LogP contribution in [0.5, 0.6) is 0 Å². The predicted molar refractivity (Wildman–Crippen MR) is 97.7 cm³/mol. The average molecular weight is 341 g/mol. The van der Waals surface area contributed by atoms with E-state index >= 15 is 0 Å². The van der Waals surface area contributed by atoms with Gasteiger partial charge in [0.2, 0.25) is 5.91 Å². The zero-order chi connectivity index (χ0) is 15.5. The Labute approximate surface area is 142 Å². The molecule has 1 unspecified atom stereocenters. The number of halogens is 1. The van der Waals surface area contributed by atoms with Crippen molar-refractivity contribution in [3.8, 4) is 0 Å². The van der Waals surface area contributed by atoms with Gasteiger partial charge in [-0.05, 0) is 37.3 Å². The fraction of sp³-hybridized carbons (Fsp3) is 0.471. The molecule has 2 aromatic rings. The number of thiophene rings is 1. The Morgan fingerprint density at radius 1 is 1.32 bits per heavy atom. The zero-order valence-electron chi connectivity index (χ0n) is 13.4. The van der Waals surface area contributed by atoms with E-state index in [2.05, 4.69) is 23.5 Å². The molecule has 0 aliphatic heterocycles. The van der Waals surface area contributed by atoms with Crippen LogP contribution in [0, 0.1) is 5.41 Å². The molecule has 1 aromatic heterocycles. The number of amides is 1. The topological polar surface area (TPSA) is 55.1 Å². The molecule has 5 heteroatoms. The summed E-state index contributed by atoms with van der Waals surface area (Å²) in [7, 11) is 0. The van der Waals surface area contributed by atoms with Crippen LogP contribution in [0.3, 0.4) is 0 Å². The molecule has 1 aromatic carbocycles. The molecule has 3 N–H and O–H groups in total. The minimum atomic E-state index is -0.440. The maximum atomic E-state index is 12.6. The fourth-order valence-electron chi connectivity index (χ4n) is 2.59. The minimum Gasteiger partial charge on any atom is -0.348 e. The van der Waals surface area contributed by atoms with E-state index in [0.29, 0.717) is 6.54 Å². The van der Waals surface area contributed by atoms with E-state index in [4.69, 9.17) is 5.73 Å². The third kappa shape index (κ3) is 3.62. The molecular weight excluding hydrogens is 316 g/mol. The quantitative estimate of drug-likeness (QED) is 0.825. The standard InChI is InChI=1S/C17H24N2OS.ClH/c1-4-17(5-2,11-18)16(20)19-12(3)15-10-13-8-6-7-9-14(13)21-15;/h6-10,12H,4-5,11,18H2,1-3H3,(H,19,20);1H. The monoisotopic (exact) mass is 340 g/mol. The van der Waals surface area contributed by atoms with Crippen LogP contribution >= 0.6 is 23.7 Å². The smallest absolute Gasteiger partial charge is 0.227 e. The van der Waals surface area contributed by atoms with Crippen molar-refractivity contribution >= 4 is 39.7 Å². The van der Waals surface area contributed by atoms with Gasteiger partial charge in [-0.2, -0.15) is 0 Å². The lowest BCUT2D eigenvalue weighted by molar-refractivity contribution is -0.131. The molecular formula is C17H25ClN2OS. The number of nitrogens with one attached hydrogen (secondary N) is 1. The minimum absolute atomic E-state index is 0. The Morgan fingerprint density at radius 3 is 2.50 bits per heavy atom. The van der Waals surface area contributed by atoms with Crippen LogP contribution in [0.2, 0.25) is 0 Å². The van der Waals surface area contributed by atoms with Gasteiger partial charge in [0.15, 0.2) is 0 Å². The van der Waals surface area contributed by atoms with Crippen molar-refractivity contribution < 1.29 is 4.79 Å². The number of rotatable bonds is 6. The molecule has 1 atom stereocenters. The number of carbonyl (C=O) groups is 1. The number of nitrogens with two attached hydrogens (primary N) is 1. The second kappa shape index (κ2) is 7.95. The van der Waals surface area contributed by atoms with Crippen LogP contribution in [-0.2, 0) is 4.79 Å². The van der Waals surface area contributed by atoms with Crippen LogP contribution < -0.4 is 11.1 Å². The average Bonchev–Trinajstić information content (AvgIpc) is 2.93. The van der Waals surface area contributed by atoms with Crippen molar-refractivity contribution in [1.82, 2.24) is 5.32 Å². The number of hydrogen-bond acceptors (Lipinski definition) is 3. The summed E-state index contributed by atoms with van der Waals surface area (Å²) in [5.41, 5.74) is 5.41. The summed E-state index contributed by atoms with van der Waals surface area (Å²) in [5, 5.41) is 4.37. The van der Waals surface area contributed by atoms with Gasteiger partial charge < -0.3 is 11.1 Å². The lowest BCUT2D eigenvalue weighted by Crippen LogP contribution is -2.45. The van der Waals surface area contributed by atoms with Crippen LogP contribution in [0.15, 0.2) is 30.3 Å². The zero-order valence-corrected chi connectivity index (χ0v) is 15.0. The molecule has 0 bridgehead atoms. The molecule has 22 heavy (non-hydrogen) atoms. The molecule has 3 nitrogen and oxygen atoms in total. The van der Waals surface area contributed by atoms with E-state index in [9.17, 15) is 4.79 Å². The Bertz CT molecular complexity index is 581. The maximum absolute atomic E-state index is 12.6. The molecule has 1 heterocycles. The van der Waals surface area contributed by atoms with E-state index in [1.807, 2.05) is 32.9 Å². The third-order valence-corrected chi connectivity index (χ3v) is 5.74.